The maximum Gasteiger partial charge on any atom is 0.277 e. The fourth-order valence-corrected chi connectivity index (χ4v) is 2.13. The summed E-state index contributed by atoms with van der Waals surface area (Å²) in [6.45, 7) is 0.661. The molecule has 7 nitrogen and oxygen atoms in total. The molecule has 1 aliphatic rings. The molecule has 2 aromatic rings. The Morgan fingerprint density at radius 2 is 2.22 bits per heavy atom. The van der Waals surface area contributed by atoms with Gasteiger partial charge in [-0.15, -0.1) is 0 Å². The second-order valence-corrected chi connectivity index (χ2v) is 4.87. The number of hydrazone groups is 1. The highest BCUT2D eigenvalue weighted by molar-refractivity contribution is 5.94. The number of ether oxygens (including phenoxy) is 2. The van der Waals surface area contributed by atoms with E-state index in [2.05, 4.69) is 10.5 Å². The van der Waals surface area contributed by atoms with Crippen molar-refractivity contribution >= 4 is 12.1 Å². The largest absolute Gasteiger partial charge is 0.454 e. The molecular formula is C16H16N3O4+. The van der Waals surface area contributed by atoms with Gasteiger partial charge < -0.3 is 14.6 Å². The van der Waals surface area contributed by atoms with Crippen LogP contribution in [0.5, 0.6) is 11.5 Å². The van der Waals surface area contributed by atoms with Crippen LogP contribution in [0.2, 0.25) is 0 Å². The summed E-state index contributed by atoms with van der Waals surface area (Å²) >= 11 is 0. The Morgan fingerprint density at radius 3 is 3.09 bits per heavy atom. The molecule has 23 heavy (non-hydrogen) atoms. The summed E-state index contributed by atoms with van der Waals surface area (Å²) in [5.41, 5.74) is 3.72. The Balaban J connectivity index is 1.63. The molecule has 7 heteroatoms. The minimum Gasteiger partial charge on any atom is -0.454 e. The first-order valence-corrected chi connectivity index (χ1v) is 7.09. The molecule has 0 bridgehead atoms. The topological polar surface area (TPSA) is 84.0 Å². The quantitative estimate of drug-likeness (QED) is 0.477. The summed E-state index contributed by atoms with van der Waals surface area (Å²) in [4.78, 5) is 12.0. The first-order valence-electron chi connectivity index (χ1n) is 7.09. The molecule has 0 aliphatic carbocycles. The van der Waals surface area contributed by atoms with Crippen LogP contribution in [-0.2, 0) is 6.54 Å². The third-order valence-corrected chi connectivity index (χ3v) is 3.25. The normalized spacial score (nSPS) is 12.6. The lowest BCUT2D eigenvalue weighted by Crippen LogP contribution is -2.36. The SMILES string of the molecule is O=C(N/N=C/c1ccc2c(c1)OCO2)c1ccc[n+](CCO)c1. The van der Waals surface area contributed by atoms with Crippen LogP contribution in [0, 0.1) is 0 Å². The predicted molar refractivity (Wildman–Crippen MR) is 81.3 cm³/mol. The van der Waals surface area contributed by atoms with E-state index >= 15 is 0 Å². The van der Waals surface area contributed by atoms with E-state index in [0.29, 0.717) is 23.6 Å². The van der Waals surface area contributed by atoms with Crippen molar-refractivity contribution in [3.05, 3.63) is 53.9 Å². The van der Waals surface area contributed by atoms with Gasteiger partial charge in [0.1, 0.15) is 12.2 Å². The van der Waals surface area contributed by atoms with Crippen molar-refractivity contribution in [3.8, 4) is 11.5 Å². The Kier molecular flexibility index (Phi) is 4.49. The summed E-state index contributed by atoms with van der Waals surface area (Å²) in [7, 11) is 0. The number of aliphatic hydroxyl groups is 1. The van der Waals surface area contributed by atoms with E-state index in [1.54, 1.807) is 41.2 Å². The van der Waals surface area contributed by atoms with Crippen molar-refractivity contribution < 1.29 is 23.9 Å². The number of aromatic nitrogens is 1. The molecule has 1 aromatic heterocycles. The van der Waals surface area contributed by atoms with Gasteiger partial charge in [-0.3, -0.25) is 4.79 Å². The first-order chi connectivity index (χ1) is 11.3. The minimum atomic E-state index is -0.325. The Hall–Kier alpha value is -2.93. The molecule has 2 N–H and O–H groups in total. The molecule has 1 aromatic carbocycles. The van der Waals surface area contributed by atoms with E-state index in [-0.39, 0.29) is 19.3 Å². The second-order valence-electron chi connectivity index (χ2n) is 4.87. The highest BCUT2D eigenvalue weighted by Gasteiger charge is 2.13. The van der Waals surface area contributed by atoms with Crippen molar-refractivity contribution in [2.45, 2.75) is 6.54 Å². The zero-order chi connectivity index (χ0) is 16.1. The zero-order valence-corrected chi connectivity index (χ0v) is 12.3. The average Bonchev–Trinajstić information content (AvgIpc) is 3.03. The maximum atomic E-state index is 12.0. The molecule has 0 spiro atoms. The fourth-order valence-electron chi connectivity index (χ4n) is 2.13. The standard InChI is InChI=1S/C16H15N3O4/c20-7-6-19-5-1-2-13(10-19)16(21)18-17-9-12-3-4-14-15(8-12)23-11-22-14/h1-5,8-10,20H,6-7,11H2/p+1/b17-9+. The van der Waals surface area contributed by atoms with E-state index in [1.165, 1.54) is 6.21 Å². The molecule has 0 radical (unpaired) electrons. The van der Waals surface area contributed by atoms with Crippen LogP contribution in [-0.4, -0.2) is 30.6 Å². The Labute approximate surface area is 132 Å². The van der Waals surface area contributed by atoms with Gasteiger partial charge in [-0.1, -0.05) is 0 Å². The third kappa shape index (κ3) is 3.64. The van der Waals surface area contributed by atoms with Gasteiger partial charge in [0.05, 0.1) is 6.21 Å². The van der Waals surface area contributed by atoms with Crippen molar-refractivity contribution in [1.82, 2.24) is 5.43 Å². The lowest BCUT2D eigenvalue weighted by Gasteiger charge is -2.00. The van der Waals surface area contributed by atoms with Crippen LogP contribution in [0.25, 0.3) is 0 Å². The molecular weight excluding hydrogens is 298 g/mol. The van der Waals surface area contributed by atoms with Gasteiger partial charge >= 0.3 is 0 Å². The lowest BCUT2D eigenvalue weighted by atomic mass is 10.2. The number of nitrogens with zero attached hydrogens (tertiary/aromatic N) is 2. The number of rotatable bonds is 5. The molecule has 2 heterocycles. The summed E-state index contributed by atoms with van der Waals surface area (Å²) in [6.07, 6.45) is 4.97. The van der Waals surface area contributed by atoms with Crippen LogP contribution in [0.1, 0.15) is 15.9 Å². The fraction of sp³-hybridized carbons (Fsp3) is 0.188. The number of benzene rings is 1. The van der Waals surface area contributed by atoms with E-state index < -0.39 is 0 Å². The monoisotopic (exact) mass is 314 g/mol. The van der Waals surface area contributed by atoms with Crippen molar-refractivity contribution in [2.75, 3.05) is 13.4 Å². The molecule has 0 saturated carbocycles. The van der Waals surface area contributed by atoms with Crippen LogP contribution < -0.4 is 19.5 Å². The number of carbonyl (C=O) groups is 1. The van der Waals surface area contributed by atoms with E-state index in [1.807, 2.05) is 6.07 Å². The van der Waals surface area contributed by atoms with Gasteiger partial charge in [-0.2, -0.15) is 5.10 Å². The number of aliphatic hydroxyl groups excluding tert-OH is 1. The molecule has 0 fully saturated rings. The number of fused-ring (bicyclic) bond motifs is 1. The van der Waals surface area contributed by atoms with Gasteiger partial charge in [0.15, 0.2) is 30.4 Å². The number of carbonyl (C=O) groups excluding carboxylic acids is 1. The summed E-state index contributed by atoms with van der Waals surface area (Å²) in [5, 5.41) is 12.9. The average molecular weight is 314 g/mol. The van der Waals surface area contributed by atoms with Crippen LogP contribution in [0.15, 0.2) is 47.8 Å². The van der Waals surface area contributed by atoms with E-state index in [4.69, 9.17) is 14.6 Å². The number of hydrogen-bond donors (Lipinski definition) is 2. The number of hydrogen-bond acceptors (Lipinski definition) is 5. The van der Waals surface area contributed by atoms with Gasteiger partial charge in [-0.25, -0.2) is 9.99 Å². The van der Waals surface area contributed by atoms with Gasteiger partial charge in [-0.05, 0) is 29.8 Å². The predicted octanol–water partition coefficient (Wildman–Crippen LogP) is 0.459. The second kappa shape index (κ2) is 6.89. The highest BCUT2D eigenvalue weighted by Crippen LogP contribution is 2.31. The van der Waals surface area contributed by atoms with E-state index in [9.17, 15) is 4.79 Å². The molecule has 0 saturated heterocycles. The van der Waals surface area contributed by atoms with Crippen LogP contribution in [0.3, 0.4) is 0 Å². The molecule has 1 aliphatic heterocycles. The van der Waals surface area contributed by atoms with E-state index in [0.717, 1.165) is 5.56 Å². The van der Waals surface area contributed by atoms with Crippen molar-refractivity contribution in [2.24, 2.45) is 5.10 Å². The van der Waals surface area contributed by atoms with Crippen LogP contribution >= 0.6 is 0 Å². The zero-order valence-electron chi connectivity index (χ0n) is 12.3. The Bertz CT molecular complexity index is 746. The third-order valence-electron chi connectivity index (χ3n) is 3.25. The number of amides is 1. The first kappa shape index (κ1) is 15.0. The molecule has 118 valence electrons. The van der Waals surface area contributed by atoms with Gasteiger partial charge in [0.2, 0.25) is 6.79 Å². The molecule has 3 rings (SSSR count). The molecule has 0 atom stereocenters. The summed E-state index contributed by atoms with van der Waals surface area (Å²) < 4.78 is 12.2. The minimum absolute atomic E-state index is 0.0119. The van der Waals surface area contributed by atoms with Gasteiger partial charge in [0.25, 0.3) is 5.91 Å². The van der Waals surface area contributed by atoms with Crippen molar-refractivity contribution in [3.63, 3.8) is 0 Å². The lowest BCUT2D eigenvalue weighted by molar-refractivity contribution is -0.698. The van der Waals surface area contributed by atoms with Crippen LogP contribution in [0.4, 0.5) is 0 Å². The molecule has 0 unspecified atom stereocenters. The summed E-state index contributed by atoms with van der Waals surface area (Å²) in [6, 6.07) is 8.82. The number of pyridine rings is 1. The summed E-state index contributed by atoms with van der Waals surface area (Å²) in [5.74, 6) is 1.03. The Morgan fingerprint density at radius 1 is 1.35 bits per heavy atom. The highest BCUT2D eigenvalue weighted by atomic mass is 16.7. The maximum absolute atomic E-state index is 12.0. The van der Waals surface area contributed by atoms with Crippen molar-refractivity contribution in [1.29, 1.82) is 0 Å². The van der Waals surface area contributed by atoms with Gasteiger partial charge in [0, 0.05) is 6.07 Å². The smallest absolute Gasteiger partial charge is 0.277 e. The number of nitrogens with one attached hydrogen (secondary N) is 1. The molecule has 1 amide bonds.